The highest BCUT2D eigenvalue weighted by molar-refractivity contribution is 5.05. The minimum absolute atomic E-state index is 0.228. The number of nitrogens with zero attached hydrogens (tertiary/aromatic N) is 2. The van der Waals surface area contributed by atoms with Gasteiger partial charge in [0.1, 0.15) is 0 Å². The van der Waals surface area contributed by atoms with Crippen LogP contribution in [-0.2, 0) is 25.4 Å². The van der Waals surface area contributed by atoms with E-state index in [0.29, 0.717) is 18.2 Å². The molecule has 124 valence electrons. The van der Waals surface area contributed by atoms with E-state index in [4.69, 9.17) is 4.74 Å². The van der Waals surface area contributed by atoms with Crippen LogP contribution in [0.25, 0.3) is 0 Å². The summed E-state index contributed by atoms with van der Waals surface area (Å²) in [5.41, 5.74) is 0.0847. The van der Waals surface area contributed by atoms with Crippen LogP contribution in [0.5, 0.6) is 0 Å². The summed E-state index contributed by atoms with van der Waals surface area (Å²) in [7, 11) is 3.16. The highest BCUT2D eigenvalue weighted by Crippen LogP contribution is 2.20. The summed E-state index contributed by atoms with van der Waals surface area (Å²) in [6.45, 7) is 2.05. The lowest BCUT2D eigenvalue weighted by Gasteiger charge is -2.21. The van der Waals surface area contributed by atoms with E-state index in [-0.39, 0.29) is 11.2 Å². The Morgan fingerprint density at radius 1 is 1.23 bits per heavy atom. The van der Waals surface area contributed by atoms with Gasteiger partial charge in [-0.05, 0) is 25.8 Å². The van der Waals surface area contributed by atoms with Crippen molar-refractivity contribution in [2.45, 2.75) is 51.2 Å². The number of hydrogen-bond acceptors (Lipinski definition) is 4. The van der Waals surface area contributed by atoms with Gasteiger partial charge in [0, 0.05) is 39.0 Å². The molecule has 1 N–H and O–H groups in total. The molecule has 1 fully saturated rings. The number of ether oxygens (including phenoxy) is 1. The van der Waals surface area contributed by atoms with Crippen LogP contribution in [-0.4, -0.2) is 28.4 Å². The maximum atomic E-state index is 12.0. The number of hydrogen-bond donors (Lipinski definition) is 1. The van der Waals surface area contributed by atoms with Crippen LogP contribution in [0.4, 0.5) is 0 Å². The molecule has 0 unspecified atom stereocenters. The van der Waals surface area contributed by atoms with E-state index in [1.54, 1.807) is 13.2 Å². The largest absolute Gasteiger partial charge is 0.378 e. The van der Waals surface area contributed by atoms with Crippen LogP contribution in [0.15, 0.2) is 15.8 Å². The zero-order chi connectivity index (χ0) is 15.9. The van der Waals surface area contributed by atoms with Crippen LogP contribution in [0, 0.1) is 0 Å². The Hall–Kier alpha value is -1.40. The molecule has 6 heteroatoms. The number of nitrogens with one attached hydrogen (secondary N) is 1. The molecule has 0 aromatic carbocycles. The molecule has 1 aliphatic rings. The van der Waals surface area contributed by atoms with Crippen molar-refractivity contribution < 1.29 is 4.74 Å². The van der Waals surface area contributed by atoms with Crippen molar-refractivity contribution in [1.82, 2.24) is 14.5 Å². The van der Waals surface area contributed by atoms with Gasteiger partial charge in [-0.3, -0.25) is 9.36 Å². The fourth-order valence-electron chi connectivity index (χ4n) is 2.91. The van der Waals surface area contributed by atoms with E-state index in [2.05, 4.69) is 5.32 Å². The number of aromatic nitrogens is 2. The summed E-state index contributed by atoms with van der Waals surface area (Å²) in [6, 6.07) is 0. The van der Waals surface area contributed by atoms with E-state index >= 15 is 0 Å². The third-order valence-corrected chi connectivity index (χ3v) is 4.24. The second-order valence-electron chi connectivity index (χ2n) is 6.07. The van der Waals surface area contributed by atoms with Gasteiger partial charge in [0.2, 0.25) is 0 Å². The molecule has 1 aromatic heterocycles. The third kappa shape index (κ3) is 4.55. The van der Waals surface area contributed by atoms with Gasteiger partial charge in [-0.1, -0.05) is 19.3 Å². The maximum absolute atomic E-state index is 12.0. The first-order chi connectivity index (χ1) is 10.6. The predicted molar refractivity (Wildman–Crippen MR) is 86.1 cm³/mol. The van der Waals surface area contributed by atoms with Gasteiger partial charge in [0.05, 0.1) is 6.10 Å². The summed E-state index contributed by atoms with van der Waals surface area (Å²) in [4.78, 5) is 23.5. The van der Waals surface area contributed by atoms with Gasteiger partial charge in [0.15, 0.2) is 0 Å². The first kappa shape index (κ1) is 17.0. The second kappa shape index (κ2) is 8.29. The topological polar surface area (TPSA) is 65.3 Å². The fraction of sp³-hybridized carbons (Fsp3) is 0.750. The molecular weight excluding hydrogens is 282 g/mol. The summed E-state index contributed by atoms with van der Waals surface area (Å²) in [5, 5.41) is 3.25. The maximum Gasteiger partial charge on any atom is 0.330 e. The molecule has 0 saturated heterocycles. The molecule has 1 aliphatic carbocycles. The fourth-order valence-corrected chi connectivity index (χ4v) is 2.91. The van der Waals surface area contributed by atoms with Crippen LogP contribution >= 0.6 is 0 Å². The molecule has 0 aliphatic heterocycles. The Morgan fingerprint density at radius 2 is 1.95 bits per heavy atom. The zero-order valence-corrected chi connectivity index (χ0v) is 13.6. The monoisotopic (exact) mass is 309 g/mol. The first-order valence-electron chi connectivity index (χ1n) is 8.17. The minimum Gasteiger partial charge on any atom is -0.378 e. The normalized spacial score (nSPS) is 16.1. The van der Waals surface area contributed by atoms with Crippen LogP contribution < -0.4 is 16.6 Å². The highest BCUT2D eigenvalue weighted by Gasteiger charge is 2.13. The van der Waals surface area contributed by atoms with Crippen molar-refractivity contribution in [2.75, 3.05) is 13.2 Å². The molecule has 1 heterocycles. The molecule has 2 rings (SSSR count). The van der Waals surface area contributed by atoms with Crippen molar-refractivity contribution in [1.29, 1.82) is 0 Å². The number of aryl methyl sites for hydroxylation is 1. The Labute approximate surface area is 131 Å². The van der Waals surface area contributed by atoms with E-state index in [1.165, 1.54) is 43.7 Å². The molecule has 0 spiro atoms. The third-order valence-electron chi connectivity index (χ3n) is 4.24. The molecule has 6 nitrogen and oxygen atoms in total. The van der Waals surface area contributed by atoms with Gasteiger partial charge in [-0.15, -0.1) is 0 Å². The van der Waals surface area contributed by atoms with Crippen molar-refractivity contribution in [3.63, 3.8) is 0 Å². The summed E-state index contributed by atoms with van der Waals surface area (Å²) in [5.74, 6) is 0. The summed E-state index contributed by atoms with van der Waals surface area (Å²) < 4.78 is 8.44. The lowest BCUT2D eigenvalue weighted by Crippen LogP contribution is -2.39. The molecule has 0 amide bonds. The lowest BCUT2D eigenvalue weighted by atomic mass is 9.98. The van der Waals surface area contributed by atoms with Gasteiger partial charge < -0.3 is 14.6 Å². The summed E-state index contributed by atoms with van der Waals surface area (Å²) in [6.07, 6.45) is 9.31. The van der Waals surface area contributed by atoms with Crippen molar-refractivity contribution in [3.8, 4) is 0 Å². The lowest BCUT2D eigenvalue weighted by molar-refractivity contribution is 0.0273. The van der Waals surface area contributed by atoms with Crippen LogP contribution in [0.1, 0.15) is 44.1 Å². The number of rotatable bonds is 7. The van der Waals surface area contributed by atoms with Crippen LogP contribution in [0.2, 0.25) is 0 Å². The molecule has 1 aromatic rings. The Kier molecular flexibility index (Phi) is 6.39. The highest BCUT2D eigenvalue weighted by atomic mass is 16.5. The van der Waals surface area contributed by atoms with Gasteiger partial charge in [-0.2, -0.15) is 0 Å². The van der Waals surface area contributed by atoms with E-state index in [0.717, 1.165) is 24.1 Å². The molecule has 0 bridgehead atoms. The average Bonchev–Trinajstić information content (AvgIpc) is 2.54. The Morgan fingerprint density at radius 3 is 2.68 bits per heavy atom. The zero-order valence-electron chi connectivity index (χ0n) is 13.6. The molecule has 0 atom stereocenters. The van der Waals surface area contributed by atoms with Crippen molar-refractivity contribution >= 4 is 0 Å². The molecular formula is C16H27N3O3. The van der Waals surface area contributed by atoms with E-state index in [1.807, 2.05) is 0 Å². The second-order valence-corrected chi connectivity index (χ2v) is 6.07. The standard InChI is InChI=1S/C16H27N3O3/c1-18-12-13(15(20)19(2)16(18)21)11-17-9-6-10-22-14-7-4-3-5-8-14/h12,14,17H,3-11H2,1-2H3. The van der Waals surface area contributed by atoms with Crippen molar-refractivity contribution in [2.24, 2.45) is 14.1 Å². The van der Waals surface area contributed by atoms with Crippen molar-refractivity contribution in [3.05, 3.63) is 32.6 Å². The quantitative estimate of drug-likeness (QED) is 0.761. The van der Waals surface area contributed by atoms with E-state index < -0.39 is 0 Å². The van der Waals surface area contributed by atoms with Crippen LogP contribution in [0.3, 0.4) is 0 Å². The first-order valence-corrected chi connectivity index (χ1v) is 8.17. The van der Waals surface area contributed by atoms with E-state index in [9.17, 15) is 9.59 Å². The minimum atomic E-state index is -0.297. The predicted octanol–water partition coefficient (Wildman–Crippen LogP) is 0.913. The van der Waals surface area contributed by atoms with Gasteiger partial charge in [-0.25, -0.2) is 4.79 Å². The molecule has 1 saturated carbocycles. The smallest absolute Gasteiger partial charge is 0.330 e. The molecule has 22 heavy (non-hydrogen) atoms. The molecule has 0 radical (unpaired) electrons. The Balaban J connectivity index is 1.68. The SMILES string of the molecule is Cn1cc(CNCCCOC2CCCCC2)c(=O)n(C)c1=O. The van der Waals surface area contributed by atoms with Gasteiger partial charge in [0.25, 0.3) is 5.56 Å². The average molecular weight is 309 g/mol. The summed E-state index contributed by atoms with van der Waals surface area (Å²) >= 11 is 0. The Bertz CT molecular complexity index is 585. The van der Waals surface area contributed by atoms with Gasteiger partial charge >= 0.3 is 5.69 Å².